The molecule has 0 spiro atoms. The molecule has 0 saturated carbocycles. The van der Waals surface area contributed by atoms with Crippen LogP contribution in [0.15, 0.2) is 48.5 Å². The third-order valence-corrected chi connectivity index (χ3v) is 3.90. The monoisotopic (exact) mass is 306 g/mol. The quantitative estimate of drug-likeness (QED) is 0.607. The summed E-state index contributed by atoms with van der Waals surface area (Å²) in [6.07, 6.45) is -0.0885. The van der Waals surface area contributed by atoms with Gasteiger partial charge in [0.2, 0.25) is 0 Å². The maximum absolute atomic E-state index is 11.0. The van der Waals surface area contributed by atoms with Crippen molar-refractivity contribution in [2.24, 2.45) is 0 Å². The van der Waals surface area contributed by atoms with Crippen LogP contribution < -0.4 is 0 Å². The Morgan fingerprint density at radius 3 is 2.61 bits per heavy atom. The molecular formula is C17H14N4O2. The Hall–Kier alpha value is -3.15. The summed E-state index contributed by atoms with van der Waals surface area (Å²) in [5, 5.41) is 22.9. The average Bonchev–Trinajstić information content (AvgIpc) is 3.11. The Morgan fingerprint density at radius 2 is 1.78 bits per heavy atom. The normalized spacial score (nSPS) is 11.3. The summed E-state index contributed by atoms with van der Waals surface area (Å²) in [4.78, 5) is 11.0. The van der Waals surface area contributed by atoms with E-state index in [0.29, 0.717) is 12.2 Å². The number of rotatable bonds is 4. The highest BCUT2D eigenvalue weighted by molar-refractivity contribution is 5.86. The van der Waals surface area contributed by atoms with Gasteiger partial charge in [-0.15, -0.1) is 0 Å². The van der Waals surface area contributed by atoms with Crippen molar-refractivity contribution in [3.63, 3.8) is 0 Å². The zero-order chi connectivity index (χ0) is 15.8. The van der Waals surface area contributed by atoms with Gasteiger partial charge in [0.25, 0.3) is 0 Å². The molecule has 2 aromatic carbocycles. The number of fused-ring (bicyclic) bond motifs is 2. The van der Waals surface area contributed by atoms with Crippen LogP contribution in [0.25, 0.3) is 21.8 Å². The van der Waals surface area contributed by atoms with Gasteiger partial charge in [-0.3, -0.25) is 14.6 Å². The number of nitrogens with one attached hydrogen (secondary N) is 1. The van der Waals surface area contributed by atoms with Crippen LogP contribution >= 0.6 is 0 Å². The molecule has 0 aliphatic rings. The molecular weight excluding hydrogens is 292 g/mol. The topological polar surface area (TPSA) is 83.8 Å². The van der Waals surface area contributed by atoms with Crippen molar-refractivity contribution in [1.29, 1.82) is 0 Å². The molecule has 0 saturated heterocycles. The highest BCUT2D eigenvalue weighted by Gasteiger charge is 2.14. The van der Waals surface area contributed by atoms with Crippen LogP contribution in [0.3, 0.4) is 0 Å². The van der Waals surface area contributed by atoms with E-state index in [2.05, 4.69) is 15.3 Å². The summed E-state index contributed by atoms with van der Waals surface area (Å²) in [5.41, 5.74) is 3.35. The molecule has 0 bridgehead atoms. The van der Waals surface area contributed by atoms with Gasteiger partial charge in [0.1, 0.15) is 0 Å². The Morgan fingerprint density at radius 1 is 1.04 bits per heavy atom. The number of para-hydroxylation sites is 2. The van der Waals surface area contributed by atoms with E-state index in [1.807, 2.05) is 53.2 Å². The van der Waals surface area contributed by atoms with Crippen LogP contribution in [0.5, 0.6) is 0 Å². The summed E-state index contributed by atoms with van der Waals surface area (Å²) < 4.78 is 1.82. The van der Waals surface area contributed by atoms with E-state index in [1.165, 1.54) is 0 Å². The number of carboxylic acids is 1. The molecule has 6 nitrogen and oxygen atoms in total. The lowest BCUT2D eigenvalue weighted by atomic mass is 10.1. The minimum Gasteiger partial charge on any atom is -0.481 e. The van der Waals surface area contributed by atoms with Crippen molar-refractivity contribution >= 4 is 27.8 Å². The van der Waals surface area contributed by atoms with E-state index >= 15 is 0 Å². The van der Waals surface area contributed by atoms with Crippen molar-refractivity contribution < 1.29 is 9.90 Å². The smallest absolute Gasteiger partial charge is 0.309 e. The predicted octanol–water partition coefficient (Wildman–Crippen LogP) is 2.59. The number of nitrogens with zero attached hydrogens (tertiary/aromatic N) is 3. The molecule has 23 heavy (non-hydrogen) atoms. The van der Waals surface area contributed by atoms with Gasteiger partial charge in [-0.05, 0) is 12.1 Å². The fourth-order valence-electron chi connectivity index (χ4n) is 2.87. The van der Waals surface area contributed by atoms with E-state index in [4.69, 9.17) is 5.11 Å². The Bertz CT molecular complexity index is 1020. The lowest BCUT2D eigenvalue weighted by Gasteiger charge is -2.01. The molecule has 0 radical (unpaired) electrons. The van der Waals surface area contributed by atoms with Crippen LogP contribution in [0, 0.1) is 0 Å². The molecule has 0 aliphatic heterocycles. The van der Waals surface area contributed by atoms with E-state index < -0.39 is 5.97 Å². The molecule has 0 fully saturated rings. The second-order valence-electron chi connectivity index (χ2n) is 5.41. The first-order valence-corrected chi connectivity index (χ1v) is 7.30. The molecule has 2 N–H and O–H groups in total. The van der Waals surface area contributed by atoms with Gasteiger partial charge in [-0.1, -0.05) is 36.4 Å². The third-order valence-electron chi connectivity index (χ3n) is 3.90. The first kappa shape index (κ1) is 13.5. The highest BCUT2D eigenvalue weighted by Crippen LogP contribution is 2.22. The fraction of sp³-hybridized carbons (Fsp3) is 0.118. The second-order valence-corrected chi connectivity index (χ2v) is 5.41. The van der Waals surface area contributed by atoms with E-state index in [-0.39, 0.29) is 6.42 Å². The van der Waals surface area contributed by atoms with Crippen LogP contribution in [0.1, 0.15) is 11.4 Å². The molecule has 0 atom stereocenters. The summed E-state index contributed by atoms with van der Waals surface area (Å²) in [5.74, 6) is -0.884. The van der Waals surface area contributed by atoms with Crippen molar-refractivity contribution in [2.75, 3.05) is 0 Å². The second kappa shape index (κ2) is 5.24. The minimum atomic E-state index is -0.884. The van der Waals surface area contributed by atoms with Gasteiger partial charge in [-0.2, -0.15) is 10.2 Å². The van der Waals surface area contributed by atoms with E-state index in [1.54, 1.807) is 0 Å². The maximum Gasteiger partial charge on any atom is 0.309 e. The molecule has 2 heterocycles. The van der Waals surface area contributed by atoms with Gasteiger partial charge in [-0.25, -0.2) is 0 Å². The first-order chi connectivity index (χ1) is 11.2. The van der Waals surface area contributed by atoms with Crippen LogP contribution in [0.2, 0.25) is 0 Å². The van der Waals surface area contributed by atoms with Crippen LogP contribution in [-0.2, 0) is 17.8 Å². The van der Waals surface area contributed by atoms with Crippen molar-refractivity contribution in [3.05, 3.63) is 59.9 Å². The number of H-pyrrole nitrogens is 1. The Balaban J connectivity index is 1.81. The summed E-state index contributed by atoms with van der Waals surface area (Å²) in [6, 6.07) is 15.6. The maximum atomic E-state index is 11.0. The largest absolute Gasteiger partial charge is 0.481 e. The van der Waals surface area contributed by atoms with Crippen LogP contribution in [-0.4, -0.2) is 31.1 Å². The van der Waals surface area contributed by atoms with Gasteiger partial charge >= 0.3 is 5.97 Å². The molecule has 114 valence electrons. The number of hydrogen-bond donors (Lipinski definition) is 2. The number of carboxylic acid groups (broad SMARTS) is 1. The number of carbonyl (C=O) groups is 1. The Kier molecular flexibility index (Phi) is 3.08. The molecule has 6 heteroatoms. The molecule has 0 aliphatic carbocycles. The number of hydrogen-bond acceptors (Lipinski definition) is 3. The SMILES string of the molecule is O=C(O)Cc1nn(Cc2n[nH]c3ccccc23)c2ccccc12. The van der Waals surface area contributed by atoms with Crippen molar-refractivity contribution in [3.8, 4) is 0 Å². The van der Waals surface area contributed by atoms with E-state index in [0.717, 1.165) is 27.5 Å². The minimum absolute atomic E-state index is 0.0885. The van der Waals surface area contributed by atoms with Gasteiger partial charge in [0, 0.05) is 10.8 Å². The number of aromatic nitrogens is 4. The standard InChI is InChI=1S/C17H14N4O2/c22-17(23)9-14-12-6-2-4-8-16(12)21(20-14)10-15-11-5-1-3-7-13(11)18-19-15/h1-8H,9-10H2,(H,18,19)(H,22,23). The van der Waals surface area contributed by atoms with Gasteiger partial charge in [0.05, 0.1) is 35.4 Å². The van der Waals surface area contributed by atoms with Gasteiger partial charge < -0.3 is 5.11 Å². The molecule has 4 rings (SSSR count). The lowest BCUT2D eigenvalue weighted by molar-refractivity contribution is -0.136. The van der Waals surface area contributed by atoms with Gasteiger partial charge in [0.15, 0.2) is 0 Å². The number of benzene rings is 2. The Labute approximate surface area is 131 Å². The lowest BCUT2D eigenvalue weighted by Crippen LogP contribution is -2.05. The third kappa shape index (κ3) is 2.34. The van der Waals surface area contributed by atoms with Crippen molar-refractivity contribution in [2.45, 2.75) is 13.0 Å². The predicted molar refractivity (Wildman–Crippen MR) is 86.3 cm³/mol. The van der Waals surface area contributed by atoms with Crippen molar-refractivity contribution in [1.82, 2.24) is 20.0 Å². The first-order valence-electron chi connectivity index (χ1n) is 7.30. The molecule has 0 amide bonds. The summed E-state index contributed by atoms with van der Waals surface area (Å²) in [7, 11) is 0. The zero-order valence-electron chi connectivity index (χ0n) is 12.2. The number of aromatic amines is 1. The molecule has 0 unspecified atom stereocenters. The molecule has 2 aromatic heterocycles. The zero-order valence-corrected chi connectivity index (χ0v) is 12.2. The van der Waals surface area contributed by atoms with Crippen LogP contribution in [0.4, 0.5) is 0 Å². The fourth-order valence-corrected chi connectivity index (χ4v) is 2.87. The summed E-state index contributed by atoms with van der Waals surface area (Å²) >= 11 is 0. The number of aliphatic carboxylic acids is 1. The molecule has 4 aromatic rings. The highest BCUT2D eigenvalue weighted by atomic mass is 16.4. The van der Waals surface area contributed by atoms with E-state index in [9.17, 15) is 4.79 Å². The summed E-state index contributed by atoms with van der Waals surface area (Å²) in [6.45, 7) is 0.490. The average molecular weight is 306 g/mol.